The van der Waals surface area contributed by atoms with Gasteiger partial charge in [0.2, 0.25) is 0 Å². The van der Waals surface area contributed by atoms with E-state index < -0.39 is 0 Å². The molecular formula is C27H43N. The number of benzene rings is 1. The quantitative estimate of drug-likeness (QED) is 0.331. The van der Waals surface area contributed by atoms with Crippen LogP contribution < -0.4 is 0 Å². The van der Waals surface area contributed by atoms with E-state index in [0.717, 1.165) is 12.3 Å². The van der Waals surface area contributed by atoms with E-state index in [1.165, 1.54) is 41.6 Å². The van der Waals surface area contributed by atoms with Crippen LogP contribution in [0.25, 0.3) is 0 Å². The lowest BCUT2D eigenvalue weighted by atomic mass is 9.58. The first kappa shape index (κ1) is 22.9. The second kappa shape index (κ2) is 9.42. The van der Waals surface area contributed by atoms with Crippen molar-refractivity contribution in [3.63, 3.8) is 0 Å². The Morgan fingerprint density at radius 1 is 1.11 bits per heavy atom. The third-order valence-electron chi connectivity index (χ3n) is 6.67. The molecular weight excluding hydrogens is 338 g/mol. The van der Waals surface area contributed by atoms with E-state index >= 15 is 0 Å². The van der Waals surface area contributed by atoms with Gasteiger partial charge in [0.05, 0.1) is 5.69 Å². The van der Waals surface area contributed by atoms with Crippen molar-refractivity contribution >= 4 is 11.9 Å². The Morgan fingerprint density at radius 2 is 1.68 bits per heavy atom. The highest BCUT2D eigenvalue weighted by molar-refractivity contribution is 5.73. The molecule has 0 amide bonds. The van der Waals surface area contributed by atoms with Crippen LogP contribution in [0.4, 0.5) is 5.69 Å². The zero-order chi connectivity index (χ0) is 21.1. The molecule has 1 fully saturated rings. The number of nitrogens with zero attached hydrogens (tertiary/aromatic N) is 1. The van der Waals surface area contributed by atoms with Crippen LogP contribution in [0.1, 0.15) is 104 Å². The summed E-state index contributed by atoms with van der Waals surface area (Å²) in [5, 5.41) is 0. The summed E-state index contributed by atoms with van der Waals surface area (Å²) in [4.78, 5) is 5.30. The summed E-state index contributed by atoms with van der Waals surface area (Å²) in [5.74, 6) is 3.06. The average Bonchev–Trinajstić information content (AvgIpc) is 2.58. The molecule has 1 saturated carbocycles. The summed E-state index contributed by atoms with van der Waals surface area (Å²) >= 11 is 0. The van der Waals surface area contributed by atoms with Gasteiger partial charge in [-0.25, -0.2) is 0 Å². The van der Waals surface area contributed by atoms with Gasteiger partial charge in [0.1, 0.15) is 0 Å². The molecule has 1 aromatic rings. The molecule has 1 unspecified atom stereocenters. The smallest absolute Gasteiger partial charge is 0.0695 e. The fourth-order valence-electron chi connectivity index (χ4n) is 5.46. The number of para-hydroxylation sites is 1. The van der Waals surface area contributed by atoms with Crippen molar-refractivity contribution in [3.8, 4) is 0 Å². The Morgan fingerprint density at radius 3 is 2.14 bits per heavy atom. The van der Waals surface area contributed by atoms with E-state index in [2.05, 4.69) is 86.4 Å². The van der Waals surface area contributed by atoms with Crippen molar-refractivity contribution < 1.29 is 0 Å². The van der Waals surface area contributed by atoms with Gasteiger partial charge < -0.3 is 0 Å². The number of aliphatic imine (C=N–C) groups is 1. The number of allylic oxidation sites excluding steroid dienone is 1. The summed E-state index contributed by atoms with van der Waals surface area (Å²) in [6, 6.07) is 6.73. The number of hydrogen-bond acceptors (Lipinski definition) is 1. The van der Waals surface area contributed by atoms with Gasteiger partial charge in [0.25, 0.3) is 0 Å². The lowest BCUT2D eigenvalue weighted by molar-refractivity contribution is 0.0981. The first-order valence-electron chi connectivity index (χ1n) is 11.4. The summed E-state index contributed by atoms with van der Waals surface area (Å²) < 4.78 is 0. The third-order valence-corrected chi connectivity index (χ3v) is 6.67. The van der Waals surface area contributed by atoms with E-state index in [0.29, 0.717) is 23.7 Å². The van der Waals surface area contributed by atoms with E-state index in [-0.39, 0.29) is 5.41 Å². The Kier molecular flexibility index (Phi) is 7.71. The van der Waals surface area contributed by atoms with Gasteiger partial charge in [0.15, 0.2) is 0 Å². The molecule has 2 rings (SSSR count). The fourth-order valence-corrected chi connectivity index (χ4v) is 5.46. The molecule has 0 aromatic heterocycles. The molecule has 1 aliphatic carbocycles. The van der Waals surface area contributed by atoms with Crippen LogP contribution in [0.2, 0.25) is 0 Å². The predicted molar refractivity (Wildman–Crippen MR) is 126 cm³/mol. The van der Waals surface area contributed by atoms with Crippen LogP contribution in [0, 0.1) is 23.2 Å². The van der Waals surface area contributed by atoms with Crippen molar-refractivity contribution in [2.45, 2.75) is 92.9 Å². The van der Waals surface area contributed by atoms with E-state index in [1.54, 1.807) is 0 Å². The van der Waals surface area contributed by atoms with Crippen LogP contribution in [0.15, 0.2) is 35.3 Å². The maximum absolute atomic E-state index is 5.30. The molecule has 0 heterocycles. The third kappa shape index (κ3) is 5.16. The maximum atomic E-state index is 5.30. The van der Waals surface area contributed by atoms with Gasteiger partial charge in [0, 0.05) is 11.6 Å². The zero-order valence-corrected chi connectivity index (χ0v) is 19.7. The minimum absolute atomic E-state index is 0.135. The lowest BCUT2D eigenvalue weighted by Gasteiger charge is -2.46. The van der Waals surface area contributed by atoms with Crippen molar-refractivity contribution in [2.24, 2.45) is 28.2 Å². The maximum Gasteiger partial charge on any atom is 0.0695 e. The Labute approximate surface area is 174 Å². The van der Waals surface area contributed by atoms with Crippen LogP contribution in [-0.4, -0.2) is 6.21 Å². The van der Waals surface area contributed by atoms with E-state index in [9.17, 15) is 0 Å². The molecule has 0 spiro atoms. The van der Waals surface area contributed by atoms with Gasteiger partial charge in [-0.05, 0) is 66.9 Å². The molecule has 0 radical (unpaired) electrons. The fraction of sp³-hybridized carbons (Fsp3) is 0.667. The highest BCUT2D eigenvalue weighted by atomic mass is 14.8. The van der Waals surface area contributed by atoms with Crippen molar-refractivity contribution in [1.82, 2.24) is 0 Å². The summed E-state index contributed by atoms with van der Waals surface area (Å²) in [6.45, 7) is 22.8. The molecule has 1 aromatic carbocycles. The van der Waals surface area contributed by atoms with E-state index in [1.807, 2.05) is 0 Å². The molecule has 0 N–H and O–H groups in total. The molecule has 3 atom stereocenters. The van der Waals surface area contributed by atoms with Gasteiger partial charge in [-0.3, -0.25) is 4.99 Å². The molecule has 1 nitrogen and oxygen atoms in total. The second-order valence-corrected chi connectivity index (χ2v) is 10.5. The lowest BCUT2D eigenvalue weighted by Crippen LogP contribution is -2.41. The standard InChI is InChI=1S/C27H43N/c1-18(2)15-27(16-22(9)13-14-25(27)21(7)8)17-28-26-23(19(3)4)11-10-12-24(26)20(5)6/h10-12,17,19-22,25H,1,13-16H2,2-9H3/t22-,25+,27?/m1/s1. The Hall–Kier alpha value is -1.37. The minimum atomic E-state index is 0.135. The molecule has 0 bridgehead atoms. The number of hydrogen-bond donors (Lipinski definition) is 0. The van der Waals surface area contributed by atoms with Gasteiger partial charge >= 0.3 is 0 Å². The normalized spacial score (nSPS) is 26.0. The molecule has 156 valence electrons. The SMILES string of the molecule is C=C(C)CC1(C=Nc2c(C(C)C)cccc2C(C)C)C[C@H](C)CC[C@H]1C(C)C. The van der Waals surface area contributed by atoms with Crippen LogP contribution in [0.5, 0.6) is 0 Å². The highest BCUT2D eigenvalue weighted by Crippen LogP contribution is 2.50. The van der Waals surface area contributed by atoms with Gasteiger partial charge in [-0.2, -0.15) is 0 Å². The summed E-state index contributed by atoms with van der Waals surface area (Å²) in [5.41, 5.74) is 5.38. The van der Waals surface area contributed by atoms with Crippen LogP contribution in [0.3, 0.4) is 0 Å². The monoisotopic (exact) mass is 381 g/mol. The predicted octanol–water partition coefficient (Wildman–Crippen LogP) is 8.68. The molecule has 1 heteroatoms. The van der Waals surface area contributed by atoms with Gasteiger partial charge in [-0.1, -0.05) is 78.7 Å². The summed E-state index contributed by atoms with van der Waals surface area (Å²) in [6.07, 6.45) is 7.31. The largest absolute Gasteiger partial charge is 0.260 e. The molecule has 1 aliphatic rings. The first-order valence-corrected chi connectivity index (χ1v) is 11.4. The first-order chi connectivity index (χ1) is 13.1. The second-order valence-electron chi connectivity index (χ2n) is 10.5. The number of rotatable bonds is 7. The molecule has 0 aliphatic heterocycles. The zero-order valence-electron chi connectivity index (χ0n) is 19.7. The summed E-state index contributed by atoms with van der Waals surface area (Å²) in [7, 11) is 0. The van der Waals surface area contributed by atoms with Gasteiger partial charge in [-0.15, -0.1) is 6.58 Å². The molecule has 0 saturated heterocycles. The Balaban J connectivity index is 2.59. The minimum Gasteiger partial charge on any atom is -0.260 e. The topological polar surface area (TPSA) is 12.4 Å². The van der Waals surface area contributed by atoms with Crippen molar-refractivity contribution in [3.05, 3.63) is 41.5 Å². The Bertz CT molecular complexity index is 668. The van der Waals surface area contributed by atoms with Crippen molar-refractivity contribution in [2.75, 3.05) is 0 Å². The molecule has 28 heavy (non-hydrogen) atoms. The van der Waals surface area contributed by atoms with E-state index in [4.69, 9.17) is 4.99 Å². The highest BCUT2D eigenvalue weighted by Gasteiger charge is 2.43. The van der Waals surface area contributed by atoms with Crippen LogP contribution >= 0.6 is 0 Å². The van der Waals surface area contributed by atoms with Crippen LogP contribution in [-0.2, 0) is 0 Å². The van der Waals surface area contributed by atoms with Crippen molar-refractivity contribution in [1.29, 1.82) is 0 Å². The average molecular weight is 382 g/mol.